The minimum Gasteiger partial charge on any atom is -0.452 e. The number of cyclic esters (lactones) is 1. The fraction of sp³-hybridized carbons (Fsp3) is 0.500. The van der Waals surface area contributed by atoms with E-state index in [4.69, 9.17) is 4.74 Å². The lowest BCUT2D eigenvalue weighted by atomic mass is 9.69. The molecule has 0 N–H and O–H groups in total. The van der Waals surface area contributed by atoms with Crippen molar-refractivity contribution in [3.63, 3.8) is 0 Å². The highest BCUT2D eigenvalue weighted by atomic mass is 16.6. The second-order valence-corrected chi connectivity index (χ2v) is 5.59. The minimum absolute atomic E-state index is 0.0397. The Labute approximate surface area is 113 Å². The predicted molar refractivity (Wildman–Crippen MR) is 70.8 cm³/mol. The number of carbonyl (C=O) groups excluding carboxylic acids is 2. The van der Waals surface area contributed by atoms with Gasteiger partial charge in [-0.2, -0.15) is 0 Å². The number of hydrogen-bond donors (Lipinski definition) is 0. The second kappa shape index (κ2) is 4.80. The summed E-state index contributed by atoms with van der Waals surface area (Å²) in [5, 5.41) is 0. The van der Waals surface area contributed by atoms with E-state index in [2.05, 4.69) is 0 Å². The molecule has 1 aromatic rings. The molecule has 0 bridgehead atoms. The molecule has 19 heavy (non-hydrogen) atoms. The molecule has 1 saturated heterocycles. The van der Waals surface area contributed by atoms with Crippen molar-refractivity contribution in [3.05, 3.63) is 35.9 Å². The van der Waals surface area contributed by atoms with Crippen LogP contribution in [0.25, 0.3) is 0 Å². The summed E-state index contributed by atoms with van der Waals surface area (Å²) in [5.74, 6) is -0.203. The molecule has 3 nitrogen and oxygen atoms in total. The topological polar surface area (TPSA) is 43.4 Å². The van der Waals surface area contributed by atoms with E-state index in [1.807, 2.05) is 18.2 Å². The highest BCUT2D eigenvalue weighted by Crippen LogP contribution is 2.48. The van der Waals surface area contributed by atoms with Crippen molar-refractivity contribution in [2.24, 2.45) is 5.41 Å². The third-order valence-electron chi connectivity index (χ3n) is 4.43. The van der Waals surface area contributed by atoms with Crippen LogP contribution in [0.5, 0.6) is 0 Å². The Morgan fingerprint density at radius 3 is 2.26 bits per heavy atom. The van der Waals surface area contributed by atoms with Crippen molar-refractivity contribution < 1.29 is 14.3 Å². The second-order valence-electron chi connectivity index (χ2n) is 5.59. The Morgan fingerprint density at radius 2 is 1.68 bits per heavy atom. The molecule has 1 aromatic carbocycles. The zero-order valence-corrected chi connectivity index (χ0v) is 10.9. The van der Waals surface area contributed by atoms with Crippen LogP contribution in [0.2, 0.25) is 0 Å². The van der Waals surface area contributed by atoms with E-state index in [0.717, 1.165) is 38.5 Å². The number of ether oxygens (including phenoxy) is 1. The van der Waals surface area contributed by atoms with Crippen LogP contribution in [0.1, 0.15) is 48.9 Å². The summed E-state index contributed by atoms with van der Waals surface area (Å²) in [5.41, 5.74) is 0.118. The van der Waals surface area contributed by atoms with Gasteiger partial charge in [0.15, 0.2) is 6.10 Å². The Morgan fingerprint density at radius 1 is 1.05 bits per heavy atom. The molecule has 2 aliphatic rings. The number of hydrogen-bond acceptors (Lipinski definition) is 3. The molecule has 2 fully saturated rings. The summed E-state index contributed by atoms with van der Waals surface area (Å²) in [4.78, 5) is 24.4. The van der Waals surface area contributed by atoms with Crippen LogP contribution in [0.3, 0.4) is 0 Å². The van der Waals surface area contributed by atoms with Gasteiger partial charge in [-0.1, -0.05) is 56.0 Å². The summed E-state index contributed by atoms with van der Waals surface area (Å²) in [7, 11) is 0. The largest absolute Gasteiger partial charge is 0.452 e. The molecule has 1 aliphatic heterocycles. The van der Waals surface area contributed by atoms with Crippen LogP contribution in [-0.4, -0.2) is 17.9 Å². The lowest BCUT2D eigenvalue weighted by Crippen LogP contribution is -2.59. The van der Waals surface area contributed by atoms with Gasteiger partial charge < -0.3 is 4.74 Å². The van der Waals surface area contributed by atoms with E-state index < -0.39 is 11.5 Å². The summed E-state index contributed by atoms with van der Waals surface area (Å²) in [6.45, 7) is 0. The molecule has 3 rings (SSSR count). The van der Waals surface area contributed by atoms with Crippen LogP contribution in [0.15, 0.2) is 30.3 Å². The first-order valence-corrected chi connectivity index (χ1v) is 7.04. The molecule has 100 valence electrons. The summed E-state index contributed by atoms with van der Waals surface area (Å²) in [6.07, 6.45) is 5.40. The van der Waals surface area contributed by atoms with Gasteiger partial charge in [0, 0.05) is 5.56 Å². The van der Waals surface area contributed by atoms with Gasteiger partial charge in [-0.15, -0.1) is 0 Å². The highest BCUT2D eigenvalue weighted by molar-refractivity contribution is 6.06. The maximum absolute atomic E-state index is 12.5. The molecule has 0 unspecified atom stereocenters. The van der Waals surface area contributed by atoms with Crippen LogP contribution >= 0.6 is 0 Å². The normalized spacial score (nSPS) is 25.3. The Bertz CT molecular complexity index is 484. The molecule has 3 heteroatoms. The van der Waals surface area contributed by atoms with Gasteiger partial charge >= 0.3 is 5.97 Å². The van der Waals surface area contributed by atoms with Gasteiger partial charge in [-0.3, -0.25) is 9.59 Å². The smallest absolute Gasteiger partial charge is 0.317 e. The van der Waals surface area contributed by atoms with Crippen molar-refractivity contribution in [1.29, 1.82) is 0 Å². The predicted octanol–water partition coefficient (Wildman–Crippen LogP) is 3.14. The van der Waals surface area contributed by atoms with Crippen LogP contribution in [-0.2, 0) is 9.53 Å². The molecule has 1 heterocycles. The van der Waals surface area contributed by atoms with Crippen molar-refractivity contribution in [2.45, 2.75) is 44.6 Å². The zero-order chi connectivity index (χ0) is 13.3. The van der Waals surface area contributed by atoms with Crippen molar-refractivity contribution in [1.82, 2.24) is 0 Å². The van der Waals surface area contributed by atoms with Crippen molar-refractivity contribution in [3.8, 4) is 0 Å². The number of Topliss-reactive ketones (excluding diaryl/α,β-unsaturated/α-hetero) is 1. The molecule has 0 aromatic heterocycles. The number of carbonyl (C=O) groups is 2. The molecule has 0 amide bonds. The maximum Gasteiger partial charge on any atom is 0.317 e. The van der Waals surface area contributed by atoms with E-state index in [-0.39, 0.29) is 11.8 Å². The van der Waals surface area contributed by atoms with E-state index in [1.165, 1.54) is 0 Å². The number of esters is 1. The average molecular weight is 258 g/mol. The Kier molecular flexibility index (Phi) is 3.13. The van der Waals surface area contributed by atoms with Crippen LogP contribution < -0.4 is 0 Å². The quantitative estimate of drug-likeness (QED) is 0.604. The first-order chi connectivity index (χ1) is 9.24. The molecular weight excluding hydrogens is 240 g/mol. The first kappa shape index (κ1) is 12.4. The van der Waals surface area contributed by atoms with E-state index in [1.54, 1.807) is 12.1 Å². The highest BCUT2D eigenvalue weighted by Gasteiger charge is 2.60. The van der Waals surface area contributed by atoms with Crippen molar-refractivity contribution in [2.75, 3.05) is 0 Å². The van der Waals surface area contributed by atoms with Crippen LogP contribution in [0, 0.1) is 5.41 Å². The van der Waals surface area contributed by atoms with E-state index >= 15 is 0 Å². The number of benzene rings is 1. The van der Waals surface area contributed by atoms with Gasteiger partial charge in [-0.25, -0.2) is 0 Å². The van der Waals surface area contributed by atoms with Gasteiger partial charge in [0.1, 0.15) is 5.41 Å². The lowest BCUT2D eigenvalue weighted by Gasteiger charge is -2.45. The molecule has 0 radical (unpaired) electrons. The lowest BCUT2D eigenvalue weighted by molar-refractivity contribution is -0.200. The Balaban J connectivity index is 1.85. The third-order valence-corrected chi connectivity index (χ3v) is 4.43. The first-order valence-electron chi connectivity index (χ1n) is 7.04. The van der Waals surface area contributed by atoms with Gasteiger partial charge in [0.25, 0.3) is 0 Å². The van der Waals surface area contributed by atoms with Gasteiger partial charge in [0.2, 0.25) is 5.78 Å². The van der Waals surface area contributed by atoms with E-state index in [0.29, 0.717) is 5.56 Å². The molecule has 1 saturated carbocycles. The van der Waals surface area contributed by atoms with Crippen LogP contribution in [0.4, 0.5) is 0 Å². The molecule has 1 atom stereocenters. The zero-order valence-electron chi connectivity index (χ0n) is 10.9. The van der Waals surface area contributed by atoms with Crippen molar-refractivity contribution >= 4 is 11.8 Å². The maximum atomic E-state index is 12.5. The molecular formula is C16H18O3. The molecule has 1 aliphatic carbocycles. The summed E-state index contributed by atoms with van der Waals surface area (Å²) in [6, 6.07) is 9.14. The number of rotatable bonds is 2. The minimum atomic E-state index is -0.555. The average Bonchev–Trinajstić information content (AvgIpc) is 2.73. The fourth-order valence-corrected chi connectivity index (χ4v) is 3.27. The summed E-state index contributed by atoms with van der Waals surface area (Å²) >= 11 is 0. The third kappa shape index (κ3) is 1.97. The van der Waals surface area contributed by atoms with E-state index in [9.17, 15) is 9.59 Å². The SMILES string of the molecule is O=C(c1ccccc1)[C@H]1OC(=O)C12CCCCCC2. The van der Waals surface area contributed by atoms with Gasteiger partial charge in [-0.05, 0) is 12.8 Å². The Hall–Kier alpha value is -1.64. The summed E-state index contributed by atoms with van der Waals surface area (Å²) < 4.78 is 5.22. The monoisotopic (exact) mass is 258 g/mol. The fourth-order valence-electron chi connectivity index (χ4n) is 3.27. The molecule has 1 spiro atoms. The standard InChI is InChI=1S/C16H18O3/c17-13(12-8-4-3-5-9-12)14-16(15(18)19-14)10-6-1-2-7-11-16/h3-5,8-9,14H,1-2,6-7,10-11H2/t14-/m1/s1. The number of ketones is 1. The van der Waals surface area contributed by atoms with Gasteiger partial charge in [0.05, 0.1) is 0 Å².